The van der Waals surface area contributed by atoms with Crippen molar-refractivity contribution >= 4 is 17.8 Å². The summed E-state index contributed by atoms with van der Waals surface area (Å²) in [6.45, 7) is 9.66. The molecule has 1 aliphatic heterocycles. The van der Waals surface area contributed by atoms with E-state index in [1.165, 1.54) is 7.11 Å². The van der Waals surface area contributed by atoms with Crippen LogP contribution >= 0.6 is 0 Å². The number of nitrogens with one attached hydrogen (secondary N) is 1. The van der Waals surface area contributed by atoms with Crippen LogP contribution in [0.25, 0.3) is 0 Å². The Bertz CT molecular complexity index is 1010. The van der Waals surface area contributed by atoms with Gasteiger partial charge in [0.2, 0.25) is 5.91 Å². The number of aliphatic hydroxyl groups excluding tert-OH is 1. The van der Waals surface area contributed by atoms with Gasteiger partial charge in [0.25, 0.3) is 0 Å². The van der Waals surface area contributed by atoms with Gasteiger partial charge in [-0.3, -0.25) is 9.59 Å². The second-order valence-electron chi connectivity index (χ2n) is 11.4. The van der Waals surface area contributed by atoms with Crippen molar-refractivity contribution in [3.63, 3.8) is 0 Å². The number of amides is 1. The second-order valence-corrected chi connectivity index (χ2v) is 11.4. The quantitative estimate of drug-likeness (QED) is 0.410. The van der Waals surface area contributed by atoms with Crippen molar-refractivity contribution < 1.29 is 34.1 Å². The summed E-state index contributed by atoms with van der Waals surface area (Å²) >= 11 is 0. The van der Waals surface area contributed by atoms with E-state index in [2.05, 4.69) is 11.9 Å². The normalized spacial score (nSPS) is 45.6. The largest absolute Gasteiger partial charge is 0.467 e. The fourth-order valence-electron chi connectivity index (χ4n) is 7.92. The molecule has 34 heavy (non-hydrogen) atoms. The maximum Gasteiger partial charge on any atom is 0.328 e. The van der Waals surface area contributed by atoms with E-state index in [1.807, 2.05) is 19.9 Å². The number of methoxy groups -OCH3 is 1. The molecule has 1 saturated heterocycles. The predicted octanol–water partition coefficient (Wildman–Crippen LogP) is 1.65. The Morgan fingerprint density at radius 3 is 2.76 bits per heavy atom. The standard InChI is InChI=1S/C26H35NO7/c1-6-12(2)19(22(30)33-5)27-21(29)18-17-14(9-16-20(28)24(17,4)23(31)34-16)15-7-8-26(32)11-25(15,18)10-13(26)3/h9,12,15-20,28,32H,3,6-8,10-11H2,1-2,4-5H3,(H,27,29)/t12-,15-,16-,17+,18+,19-,20-,24-,25-,26+/m0/s1. The van der Waals surface area contributed by atoms with E-state index >= 15 is 0 Å². The Morgan fingerprint density at radius 1 is 1.41 bits per heavy atom. The van der Waals surface area contributed by atoms with Crippen LogP contribution in [-0.2, 0) is 23.9 Å². The molecule has 4 fully saturated rings. The molecule has 0 radical (unpaired) electrons. The lowest BCUT2D eigenvalue weighted by atomic mass is 9.60. The molecule has 186 valence electrons. The average Bonchev–Trinajstić information content (AvgIpc) is 3.24. The molecule has 1 amide bonds. The fraction of sp³-hybridized carbons (Fsp3) is 0.731. The summed E-state index contributed by atoms with van der Waals surface area (Å²) in [5.41, 5.74) is -1.26. The van der Waals surface area contributed by atoms with Crippen LogP contribution in [-0.4, -0.2) is 59.0 Å². The molecule has 4 aliphatic carbocycles. The Morgan fingerprint density at radius 2 is 2.12 bits per heavy atom. The Kier molecular flexibility index (Phi) is 5.13. The van der Waals surface area contributed by atoms with Gasteiger partial charge >= 0.3 is 11.9 Å². The number of hydrogen-bond acceptors (Lipinski definition) is 7. The van der Waals surface area contributed by atoms with Crippen LogP contribution in [0.1, 0.15) is 52.9 Å². The molecule has 8 nitrogen and oxygen atoms in total. The first-order valence-electron chi connectivity index (χ1n) is 12.3. The number of rotatable bonds is 5. The van der Waals surface area contributed by atoms with E-state index in [-0.39, 0.29) is 17.7 Å². The summed E-state index contributed by atoms with van der Waals surface area (Å²) in [7, 11) is 1.30. The summed E-state index contributed by atoms with van der Waals surface area (Å²) in [4.78, 5) is 39.8. The highest BCUT2D eigenvalue weighted by molar-refractivity contribution is 5.90. The van der Waals surface area contributed by atoms with Gasteiger partial charge < -0.3 is 25.0 Å². The average molecular weight is 474 g/mol. The van der Waals surface area contributed by atoms with Gasteiger partial charge in [-0.05, 0) is 61.5 Å². The number of carbonyl (C=O) groups excluding carboxylic acids is 3. The van der Waals surface area contributed by atoms with E-state index in [4.69, 9.17) is 9.47 Å². The molecule has 8 heteroatoms. The third kappa shape index (κ3) is 2.75. The van der Waals surface area contributed by atoms with Gasteiger partial charge in [0.1, 0.15) is 23.7 Å². The predicted molar refractivity (Wildman–Crippen MR) is 121 cm³/mol. The van der Waals surface area contributed by atoms with Crippen LogP contribution in [0.3, 0.4) is 0 Å². The summed E-state index contributed by atoms with van der Waals surface area (Å²) in [6, 6.07) is -0.831. The van der Waals surface area contributed by atoms with E-state index in [0.717, 1.165) is 11.1 Å². The van der Waals surface area contributed by atoms with Gasteiger partial charge in [-0.1, -0.05) is 32.4 Å². The molecule has 5 rings (SSSR count). The Balaban J connectivity index is 1.63. The molecule has 0 aromatic rings. The number of esters is 2. The molecule has 10 atom stereocenters. The highest BCUT2D eigenvalue weighted by Crippen LogP contribution is 2.74. The molecule has 4 bridgehead atoms. The van der Waals surface area contributed by atoms with E-state index in [0.29, 0.717) is 32.1 Å². The lowest BCUT2D eigenvalue weighted by Crippen LogP contribution is -2.55. The molecular formula is C26H35NO7. The molecule has 0 unspecified atom stereocenters. The van der Waals surface area contributed by atoms with Gasteiger partial charge in [0.15, 0.2) is 0 Å². The van der Waals surface area contributed by atoms with E-state index in [9.17, 15) is 24.6 Å². The van der Waals surface area contributed by atoms with Crippen LogP contribution in [0, 0.1) is 34.5 Å². The smallest absolute Gasteiger partial charge is 0.328 e. The van der Waals surface area contributed by atoms with Crippen LogP contribution in [0.4, 0.5) is 0 Å². The number of carbonyl (C=O) groups is 3. The van der Waals surface area contributed by atoms with Crippen LogP contribution < -0.4 is 5.32 Å². The fourth-order valence-corrected chi connectivity index (χ4v) is 7.92. The highest BCUT2D eigenvalue weighted by Gasteiger charge is 2.75. The minimum Gasteiger partial charge on any atom is -0.467 e. The number of allylic oxidation sites excluding steroid dienone is 1. The summed E-state index contributed by atoms with van der Waals surface area (Å²) in [5, 5.41) is 25.3. The van der Waals surface area contributed by atoms with Gasteiger partial charge in [-0.2, -0.15) is 0 Å². The number of aliphatic hydroxyl groups is 2. The molecule has 0 aromatic heterocycles. The van der Waals surface area contributed by atoms with Crippen LogP contribution in [0.15, 0.2) is 23.8 Å². The first-order valence-corrected chi connectivity index (χ1v) is 12.3. The topological polar surface area (TPSA) is 122 Å². The monoisotopic (exact) mass is 473 g/mol. The first kappa shape index (κ1) is 23.5. The maximum absolute atomic E-state index is 14.1. The highest BCUT2D eigenvalue weighted by atomic mass is 16.6. The summed E-state index contributed by atoms with van der Waals surface area (Å²) in [5.74, 6) is -2.86. The zero-order chi connectivity index (χ0) is 24.8. The molecule has 1 spiro atoms. The van der Waals surface area contributed by atoms with Crippen molar-refractivity contribution in [2.45, 2.75) is 76.7 Å². The summed E-state index contributed by atoms with van der Waals surface area (Å²) < 4.78 is 10.5. The Hall–Kier alpha value is -2.19. The second kappa shape index (κ2) is 7.40. The van der Waals surface area contributed by atoms with Crippen molar-refractivity contribution in [3.05, 3.63) is 23.8 Å². The molecule has 5 aliphatic rings. The lowest BCUT2D eigenvalue weighted by Gasteiger charge is -2.43. The van der Waals surface area contributed by atoms with Crippen molar-refractivity contribution in [3.8, 4) is 0 Å². The maximum atomic E-state index is 14.1. The lowest BCUT2D eigenvalue weighted by molar-refractivity contribution is -0.154. The molecular weight excluding hydrogens is 438 g/mol. The van der Waals surface area contributed by atoms with Gasteiger partial charge in [0, 0.05) is 5.92 Å². The van der Waals surface area contributed by atoms with E-state index in [1.54, 1.807) is 6.92 Å². The molecule has 3 saturated carbocycles. The van der Waals surface area contributed by atoms with Gasteiger partial charge in [-0.25, -0.2) is 4.79 Å². The number of hydrogen-bond donors (Lipinski definition) is 3. The minimum atomic E-state index is -1.28. The first-order chi connectivity index (χ1) is 15.9. The zero-order valence-electron chi connectivity index (χ0n) is 20.3. The third-order valence-electron chi connectivity index (χ3n) is 9.94. The van der Waals surface area contributed by atoms with Crippen molar-refractivity contribution in [1.82, 2.24) is 5.32 Å². The molecule has 3 N–H and O–H groups in total. The minimum absolute atomic E-state index is 0.0308. The van der Waals surface area contributed by atoms with Crippen molar-refractivity contribution in [2.24, 2.45) is 34.5 Å². The SMILES string of the molecule is C=C1C[C@]23C[C@]1(O)CC[C@H]2C1=C[C@@H]2OC(=O)[C@@](C)([C@H]1[C@@H]3C(=O)N[C@H](C(=O)OC)[C@@H](C)CC)[C@H]2O. The van der Waals surface area contributed by atoms with Crippen molar-refractivity contribution in [2.75, 3.05) is 7.11 Å². The molecule has 0 aromatic carbocycles. The van der Waals surface area contributed by atoms with Gasteiger partial charge in [0.05, 0.1) is 18.6 Å². The zero-order valence-corrected chi connectivity index (χ0v) is 20.3. The van der Waals surface area contributed by atoms with Gasteiger partial charge in [-0.15, -0.1) is 0 Å². The van der Waals surface area contributed by atoms with Crippen molar-refractivity contribution in [1.29, 1.82) is 0 Å². The number of fused-ring (bicyclic) bond motifs is 6. The van der Waals surface area contributed by atoms with E-state index < -0.39 is 58.5 Å². The summed E-state index contributed by atoms with van der Waals surface area (Å²) in [6.07, 6.45) is 2.79. The van der Waals surface area contributed by atoms with Crippen LogP contribution in [0.5, 0.6) is 0 Å². The number of ether oxygens (including phenoxy) is 2. The third-order valence-corrected chi connectivity index (χ3v) is 9.94. The van der Waals surface area contributed by atoms with Crippen LogP contribution in [0.2, 0.25) is 0 Å². The molecule has 1 heterocycles. The Labute approximate surface area is 199 Å².